The molecule has 0 fully saturated rings. The highest BCUT2D eigenvalue weighted by Gasteiger charge is 2.14. The van der Waals surface area contributed by atoms with Crippen molar-refractivity contribution >= 4 is 27.8 Å². The zero-order chi connectivity index (χ0) is 22.4. The molecule has 3 aromatic rings. The summed E-state index contributed by atoms with van der Waals surface area (Å²) in [6.07, 6.45) is 1.31. The maximum Gasteiger partial charge on any atom is 0.276 e. The molecule has 0 aliphatic rings. The van der Waals surface area contributed by atoms with Gasteiger partial charge in [-0.05, 0) is 54.4 Å². The Morgan fingerprint density at radius 2 is 1.77 bits per heavy atom. The van der Waals surface area contributed by atoms with Crippen molar-refractivity contribution in [3.8, 4) is 11.5 Å². The Balaban J connectivity index is 1.72. The fourth-order valence-corrected chi connectivity index (χ4v) is 3.70. The summed E-state index contributed by atoms with van der Waals surface area (Å²) in [6.45, 7) is 2.03. The van der Waals surface area contributed by atoms with Crippen molar-refractivity contribution in [2.75, 3.05) is 7.11 Å². The van der Waals surface area contributed by atoms with E-state index in [4.69, 9.17) is 21.1 Å². The number of halogens is 2. The summed E-state index contributed by atoms with van der Waals surface area (Å²) < 4.78 is 48.7. The fraction of sp³-hybridized carbons (Fsp3) is 0.136. The highest BCUT2D eigenvalue weighted by Crippen LogP contribution is 2.36. The van der Waals surface area contributed by atoms with Crippen LogP contribution in [0.1, 0.15) is 16.7 Å². The van der Waals surface area contributed by atoms with Crippen molar-refractivity contribution in [2.45, 2.75) is 18.4 Å². The van der Waals surface area contributed by atoms with E-state index in [2.05, 4.69) is 9.93 Å². The van der Waals surface area contributed by atoms with E-state index in [1.54, 1.807) is 36.4 Å². The summed E-state index contributed by atoms with van der Waals surface area (Å²) in [5.74, 6) is 0.323. The lowest BCUT2D eigenvalue weighted by atomic mass is 10.2. The van der Waals surface area contributed by atoms with E-state index in [1.807, 2.05) is 6.92 Å². The summed E-state index contributed by atoms with van der Waals surface area (Å²) in [4.78, 5) is 2.27. The summed E-state index contributed by atoms with van der Waals surface area (Å²) in [6, 6.07) is 15.5. The third kappa shape index (κ3) is 5.96. The number of hydrogen-bond donors (Lipinski definition) is 1. The lowest BCUT2D eigenvalue weighted by molar-refractivity contribution is 0.284. The minimum absolute atomic E-state index is 0.107. The van der Waals surface area contributed by atoms with Crippen LogP contribution in [0.5, 0.6) is 11.5 Å². The van der Waals surface area contributed by atoms with E-state index in [0.717, 1.165) is 11.1 Å². The number of nitrogens with zero attached hydrogens (tertiary/aromatic N) is 1. The molecule has 0 saturated carbocycles. The van der Waals surface area contributed by atoms with Crippen molar-refractivity contribution in [1.82, 2.24) is 4.83 Å². The van der Waals surface area contributed by atoms with E-state index >= 15 is 0 Å². The summed E-state index contributed by atoms with van der Waals surface area (Å²) >= 11 is 6.32. The molecule has 162 valence electrons. The van der Waals surface area contributed by atoms with Gasteiger partial charge in [-0.25, -0.2) is 9.22 Å². The fourth-order valence-electron chi connectivity index (χ4n) is 2.63. The van der Waals surface area contributed by atoms with Crippen molar-refractivity contribution in [3.63, 3.8) is 0 Å². The second-order valence-electron chi connectivity index (χ2n) is 6.62. The standard InChI is InChI=1S/C22H20ClFN2O4S/c1-15-3-9-19(10-4-15)31(27,28)26-25-13-17-11-20(23)22(21(12-17)29-2)30-14-16-5-7-18(24)8-6-16/h3-13,26H,14H2,1-2H3/b25-13-. The van der Waals surface area contributed by atoms with Gasteiger partial charge in [-0.3, -0.25) is 0 Å². The monoisotopic (exact) mass is 462 g/mol. The second kappa shape index (κ2) is 9.80. The van der Waals surface area contributed by atoms with Crippen molar-refractivity contribution < 1.29 is 22.3 Å². The van der Waals surface area contributed by atoms with Crippen molar-refractivity contribution in [3.05, 3.63) is 88.2 Å². The van der Waals surface area contributed by atoms with Gasteiger partial charge in [0.25, 0.3) is 10.0 Å². The summed E-state index contributed by atoms with van der Waals surface area (Å²) in [7, 11) is -2.33. The van der Waals surface area contributed by atoms with E-state index < -0.39 is 10.0 Å². The van der Waals surface area contributed by atoms with Gasteiger partial charge in [0.2, 0.25) is 0 Å². The first kappa shape index (κ1) is 22.6. The molecule has 0 radical (unpaired) electrons. The molecule has 31 heavy (non-hydrogen) atoms. The Kier molecular flexibility index (Phi) is 7.14. The molecule has 3 aromatic carbocycles. The molecule has 6 nitrogen and oxygen atoms in total. The van der Waals surface area contributed by atoms with Crippen LogP contribution < -0.4 is 14.3 Å². The van der Waals surface area contributed by atoms with Gasteiger partial charge in [0.1, 0.15) is 12.4 Å². The van der Waals surface area contributed by atoms with Gasteiger partial charge in [0, 0.05) is 0 Å². The van der Waals surface area contributed by atoms with Crippen LogP contribution in [0.3, 0.4) is 0 Å². The Morgan fingerprint density at radius 1 is 1.10 bits per heavy atom. The van der Waals surface area contributed by atoms with E-state index in [-0.39, 0.29) is 22.3 Å². The van der Waals surface area contributed by atoms with Gasteiger partial charge in [-0.2, -0.15) is 13.5 Å². The van der Waals surface area contributed by atoms with Gasteiger partial charge in [0.15, 0.2) is 11.5 Å². The van der Waals surface area contributed by atoms with E-state index in [0.29, 0.717) is 17.1 Å². The minimum atomic E-state index is -3.79. The van der Waals surface area contributed by atoms with Crippen LogP contribution in [0, 0.1) is 12.7 Å². The molecule has 0 aromatic heterocycles. The lowest BCUT2D eigenvalue weighted by Crippen LogP contribution is -2.18. The van der Waals surface area contributed by atoms with Crippen LogP contribution in [-0.2, 0) is 16.6 Å². The molecule has 0 amide bonds. The lowest BCUT2D eigenvalue weighted by Gasteiger charge is -2.13. The zero-order valence-corrected chi connectivity index (χ0v) is 18.4. The number of sulfonamides is 1. The molecule has 1 N–H and O–H groups in total. The number of hydrogen-bond acceptors (Lipinski definition) is 5. The van der Waals surface area contributed by atoms with E-state index in [1.165, 1.54) is 37.6 Å². The van der Waals surface area contributed by atoms with Gasteiger partial charge in [-0.1, -0.05) is 41.4 Å². The Labute approximate surface area is 185 Å². The molecular formula is C22H20ClFN2O4S. The quantitative estimate of drug-likeness (QED) is 0.389. The van der Waals surface area contributed by atoms with Crippen LogP contribution in [0.2, 0.25) is 5.02 Å². The average Bonchev–Trinajstić information content (AvgIpc) is 2.74. The topological polar surface area (TPSA) is 77.0 Å². The highest BCUT2D eigenvalue weighted by molar-refractivity contribution is 7.89. The first-order valence-electron chi connectivity index (χ1n) is 9.15. The summed E-state index contributed by atoms with van der Waals surface area (Å²) in [5.41, 5.74) is 2.21. The van der Waals surface area contributed by atoms with Crippen molar-refractivity contribution in [2.24, 2.45) is 5.10 Å². The normalized spacial score (nSPS) is 11.5. The van der Waals surface area contributed by atoms with Crippen LogP contribution >= 0.6 is 11.6 Å². The maximum absolute atomic E-state index is 13.0. The number of methoxy groups -OCH3 is 1. The third-order valence-electron chi connectivity index (χ3n) is 4.27. The molecule has 0 unspecified atom stereocenters. The number of benzene rings is 3. The third-order valence-corrected chi connectivity index (χ3v) is 5.79. The number of hydrazone groups is 1. The molecular weight excluding hydrogens is 443 g/mol. The predicted molar refractivity (Wildman–Crippen MR) is 118 cm³/mol. The zero-order valence-electron chi connectivity index (χ0n) is 16.8. The molecule has 0 atom stereocenters. The van der Waals surface area contributed by atoms with Gasteiger partial charge < -0.3 is 9.47 Å². The molecule has 9 heteroatoms. The van der Waals surface area contributed by atoms with E-state index in [9.17, 15) is 12.8 Å². The van der Waals surface area contributed by atoms with Crippen LogP contribution in [-0.4, -0.2) is 21.7 Å². The number of ether oxygens (including phenoxy) is 2. The Bertz CT molecular complexity index is 1180. The molecule has 3 rings (SSSR count). The van der Waals surface area contributed by atoms with Gasteiger partial charge in [0.05, 0.1) is 23.2 Å². The first-order valence-corrected chi connectivity index (χ1v) is 11.0. The number of rotatable bonds is 8. The second-order valence-corrected chi connectivity index (χ2v) is 8.68. The smallest absolute Gasteiger partial charge is 0.276 e. The minimum Gasteiger partial charge on any atom is -0.493 e. The molecule has 0 saturated heterocycles. The Hall–Kier alpha value is -3.10. The number of nitrogens with one attached hydrogen (secondary N) is 1. The summed E-state index contributed by atoms with van der Waals surface area (Å²) in [5, 5.41) is 4.06. The van der Waals surface area contributed by atoms with Crippen LogP contribution in [0.25, 0.3) is 0 Å². The predicted octanol–water partition coefficient (Wildman–Crippen LogP) is 4.69. The van der Waals surface area contributed by atoms with Crippen LogP contribution in [0.15, 0.2) is 70.7 Å². The number of aryl methyl sites for hydroxylation is 1. The largest absolute Gasteiger partial charge is 0.493 e. The SMILES string of the molecule is COc1cc(/C=N\NS(=O)(=O)c2ccc(C)cc2)cc(Cl)c1OCc1ccc(F)cc1. The Morgan fingerprint density at radius 3 is 2.42 bits per heavy atom. The van der Waals surface area contributed by atoms with Crippen molar-refractivity contribution in [1.29, 1.82) is 0 Å². The van der Waals surface area contributed by atoms with Gasteiger partial charge >= 0.3 is 0 Å². The molecule has 0 aliphatic carbocycles. The van der Waals surface area contributed by atoms with Gasteiger partial charge in [-0.15, -0.1) is 0 Å². The first-order chi connectivity index (χ1) is 14.8. The maximum atomic E-state index is 13.0. The average molecular weight is 463 g/mol. The molecule has 0 spiro atoms. The molecule has 0 aliphatic heterocycles. The van der Waals surface area contributed by atoms with Crippen LogP contribution in [0.4, 0.5) is 4.39 Å². The highest BCUT2D eigenvalue weighted by atomic mass is 35.5. The molecule has 0 heterocycles. The molecule has 0 bridgehead atoms.